The van der Waals surface area contributed by atoms with Gasteiger partial charge in [0.2, 0.25) is 5.91 Å². The van der Waals surface area contributed by atoms with Crippen LogP contribution < -0.4 is 5.32 Å². The van der Waals surface area contributed by atoms with E-state index in [0.29, 0.717) is 0 Å². The smallest absolute Gasteiger partial charge is 0.355 e. The largest absolute Gasteiger partial charge is 0.464 e. The summed E-state index contributed by atoms with van der Waals surface area (Å²) in [6.07, 6.45) is 0. The van der Waals surface area contributed by atoms with Crippen LogP contribution in [0, 0.1) is 0 Å². The molecule has 5 heteroatoms. The number of thioether (sulfide) groups is 1. The molecule has 0 aliphatic heterocycles. The number of methoxy groups -OCH3 is 1. The van der Waals surface area contributed by atoms with Crippen LogP contribution in [0.3, 0.4) is 0 Å². The minimum atomic E-state index is -0.566. The number of amides is 1. The number of carbonyl (C=O) groups excluding carboxylic acids is 2. The molecule has 0 bridgehead atoms. The lowest BCUT2D eigenvalue weighted by Crippen LogP contribution is -2.25. The Morgan fingerprint density at radius 3 is 2.47 bits per heavy atom. The van der Waals surface area contributed by atoms with Crippen LogP contribution in [0.1, 0.15) is 6.92 Å². The first-order valence-corrected chi connectivity index (χ1v) is 5.79. The summed E-state index contributed by atoms with van der Waals surface area (Å²) >= 11 is 1.34. The Morgan fingerprint density at radius 1 is 1.29 bits per heavy atom. The molecule has 0 spiro atoms. The lowest BCUT2D eigenvalue weighted by atomic mass is 10.4. The van der Waals surface area contributed by atoms with Crippen LogP contribution in [0.5, 0.6) is 0 Å². The number of rotatable bonds is 4. The van der Waals surface area contributed by atoms with Crippen molar-refractivity contribution >= 4 is 23.6 Å². The quantitative estimate of drug-likeness (QED) is 0.504. The number of esters is 1. The molecule has 1 aromatic carbocycles. The molecule has 17 heavy (non-hydrogen) atoms. The molecule has 4 nitrogen and oxygen atoms in total. The SMILES string of the molecule is COC(=O)/C(=C/Sc1ccccc1)NC(C)=O. The molecule has 0 radical (unpaired) electrons. The van der Waals surface area contributed by atoms with Crippen LogP contribution in [0.2, 0.25) is 0 Å². The highest BCUT2D eigenvalue weighted by atomic mass is 32.2. The van der Waals surface area contributed by atoms with Crippen molar-refractivity contribution in [1.29, 1.82) is 0 Å². The highest BCUT2D eigenvalue weighted by Gasteiger charge is 2.10. The van der Waals surface area contributed by atoms with Gasteiger partial charge in [0.25, 0.3) is 0 Å². The summed E-state index contributed by atoms with van der Waals surface area (Å²) in [6, 6.07) is 9.51. The second-order valence-electron chi connectivity index (χ2n) is 3.14. The first-order valence-electron chi connectivity index (χ1n) is 4.91. The van der Waals surface area contributed by atoms with Gasteiger partial charge in [0, 0.05) is 17.2 Å². The average molecular weight is 251 g/mol. The molecule has 90 valence electrons. The summed E-state index contributed by atoms with van der Waals surface area (Å²) < 4.78 is 4.57. The van der Waals surface area contributed by atoms with Crippen LogP contribution in [-0.4, -0.2) is 19.0 Å². The molecule has 0 heterocycles. The Kier molecular flexibility index (Phi) is 5.29. The molecule has 0 atom stereocenters. The van der Waals surface area contributed by atoms with E-state index in [1.807, 2.05) is 30.3 Å². The molecule has 0 aliphatic rings. The van der Waals surface area contributed by atoms with E-state index in [4.69, 9.17) is 0 Å². The minimum Gasteiger partial charge on any atom is -0.464 e. The van der Waals surface area contributed by atoms with Gasteiger partial charge in [-0.05, 0) is 12.1 Å². The van der Waals surface area contributed by atoms with Crippen molar-refractivity contribution in [2.45, 2.75) is 11.8 Å². The zero-order valence-corrected chi connectivity index (χ0v) is 10.4. The summed E-state index contributed by atoms with van der Waals surface area (Å²) in [5.41, 5.74) is 0.133. The average Bonchev–Trinajstić information content (AvgIpc) is 2.34. The molecule has 0 fully saturated rings. The second-order valence-corrected chi connectivity index (χ2v) is 4.08. The van der Waals surface area contributed by atoms with E-state index in [9.17, 15) is 9.59 Å². The Labute approximate surface area is 104 Å². The predicted molar refractivity (Wildman–Crippen MR) is 66.2 cm³/mol. The van der Waals surface area contributed by atoms with E-state index in [1.165, 1.54) is 25.8 Å². The lowest BCUT2D eigenvalue weighted by Gasteiger charge is -2.05. The third-order valence-corrected chi connectivity index (χ3v) is 2.67. The maximum absolute atomic E-state index is 11.4. The fourth-order valence-corrected chi connectivity index (χ4v) is 1.78. The number of nitrogens with one attached hydrogen (secondary N) is 1. The van der Waals surface area contributed by atoms with Crippen LogP contribution in [0.15, 0.2) is 46.3 Å². The first kappa shape index (κ1) is 13.3. The van der Waals surface area contributed by atoms with Gasteiger partial charge >= 0.3 is 5.97 Å². The second kappa shape index (κ2) is 6.75. The maximum atomic E-state index is 11.4. The molecule has 0 aromatic heterocycles. The fourth-order valence-electron chi connectivity index (χ4n) is 1.05. The topological polar surface area (TPSA) is 55.4 Å². The summed E-state index contributed by atoms with van der Waals surface area (Å²) in [4.78, 5) is 23.2. The minimum absolute atomic E-state index is 0.133. The first-order chi connectivity index (χ1) is 8.13. The summed E-state index contributed by atoms with van der Waals surface area (Å²) in [7, 11) is 1.27. The fraction of sp³-hybridized carbons (Fsp3) is 0.167. The Hall–Kier alpha value is -1.75. The molecule has 1 rings (SSSR count). The molecule has 0 unspecified atom stereocenters. The van der Waals surface area contributed by atoms with Crippen molar-refractivity contribution in [2.75, 3.05) is 7.11 Å². The predicted octanol–water partition coefficient (Wildman–Crippen LogP) is 1.93. The molecule has 1 N–H and O–H groups in total. The zero-order valence-electron chi connectivity index (χ0n) is 9.60. The number of ether oxygens (including phenoxy) is 1. The van der Waals surface area contributed by atoms with Gasteiger partial charge in [-0.2, -0.15) is 0 Å². The van der Waals surface area contributed by atoms with Gasteiger partial charge in [-0.25, -0.2) is 4.79 Å². The van der Waals surface area contributed by atoms with Crippen molar-refractivity contribution in [3.05, 3.63) is 41.4 Å². The van der Waals surface area contributed by atoms with Crippen molar-refractivity contribution in [2.24, 2.45) is 0 Å². The number of benzene rings is 1. The maximum Gasteiger partial charge on any atom is 0.355 e. The number of carbonyl (C=O) groups is 2. The molecule has 1 aromatic rings. The zero-order chi connectivity index (χ0) is 12.7. The van der Waals surface area contributed by atoms with Crippen LogP contribution in [0.4, 0.5) is 0 Å². The normalized spacial score (nSPS) is 10.8. The number of hydrogen-bond donors (Lipinski definition) is 1. The Balaban J connectivity index is 2.76. The number of hydrogen-bond acceptors (Lipinski definition) is 4. The summed E-state index contributed by atoms with van der Waals surface area (Å²) in [6.45, 7) is 1.34. The molecule has 1 amide bonds. The van der Waals surface area contributed by atoms with Crippen molar-refractivity contribution in [3.63, 3.8) is 0 Å². The van der Waals surface area contributed by atoms with E-state index in [2.05, 4.69) is 10.1 Å². The van der Waals surface area contributed by atoms with Gasteiger partial charge in [0.05, 0.1) is 7.11 Å². The van der Waals surface area contributed by atoms with E-state index in [1.54, 1.807) is 5.41 Å². The molecule has 0 saturated heterocycles. The van der Waals surface area contributed by atoms with Crippen LogP contribution >= 0.6 is 11.8 Å². The summed E-state index contributed by atoms with van der Waals surface area (Å²) in [5, 5.41) is 3.99. The third-order valence-electron chi connectivity index (χ3n) is 1.77. The van der Waals surface area contributed by atoms with E-state index < -0.39 is 5.97 Å². The van der Waals surface area contributed by atoms with Gasteiger partial charge in [-0.1, -0.05) is 30.0 Å². The van der Waals surface area contributed by atoms with Gasteiger partial charge < -0.3 is 10.1 Å². The Bertz CT molecular complexity index is 429. The van der Waals surface area contributed by atoms with Crippen molar-refractivity contribution in [3.8, 4) is 0 Å². The standard InChI is InChI=1S/C12H13NO3S/c1-9(14)13-11(12(15)16-2)8-17-10-6-4-3-5-7-10/h3-8H,1-2H3,(H,13,14)/b11-8-. The van der Waals surface area contributed by atoms with E-state index >= 15 is 0 Å². The molecular weight excluding hydrogens is 238 g/mol. The van der Waals surface area contributed by atoms with Crippen LogP contribution in [-0.2, 0) is 14.3 Å². The Morgan fingerprint density at radius 2 is 1.94 bits per heavy atom. The van der Waals surface area contributed by atoms with Crippen LogP contribution in [0.25, 0.3) is 0 Å². The van der Waals surface area contributed by atoms with Gasteiger partial charge in [-0.3, -0.25) is 4.79 Å². The summed E-state index contributed by atoms with van der Waals surface area (Å²) in [5.74, 6) is -0.876. The van der Waals surface area contributed by atoms with E-state index in [0.717, 1.165) is 4.90 Å². The van der Waals surface area contributed by atoms with Gasteiger partial charge in [0.1, 0.15) is 5.70 Å². The highest BCUT2D eigenvalue weighted by Crippen LogP contribution is 2.19. The monoisotopic (exact) mass is 251 g/mol. The van der Waals surface area contributed by atoms with E-state index in [-0.39, 0.29) is 11.6 Å². The van der Waals surface area contributed by atoms with Gasteiger partial charge in [-0.15, -0.1) is 0 Å². The molecule has 0 saturated carbocycles. The lowest BCUT2D eigenvalue weighted by molar-refractivity contribution is -0.137. The third kappa shape index (κ3) is 4.74. The highest BCUT2D eigenvalue weighted by molar-refractivity contribution is 8.02. The van der Waals surface area contributed by atoms with Gasteiger partial charge in [0.15, 0.2) is 0 Å². The molecular formula is C12H13NO3S. The van der Waals surface area contributed by atoms with Crippen molar-refractivity contribution in [1.82, 2.24) is 5.32 Å². The molecule has 0 aliphatic carbocycles. The van der Waals surface area contributed by atoms with Crippen molar-refractivity contribution < 1.29 is 14.3 Å².